The Hall–Kier alpha value is -1.38. The highest BCUT2D eigenvalue weighted by molar-refractivity contribution is 5.78. The smallest absolute Gasteiger partial charge is 0.131 e. The number of aromatic nitrogens is 3. The summed E-state index contributed by atoms with van der Waals surface area (Å²) in [7, 11) is 0. The zero-order valence-electron chi connectivity index (χ0n) is 10.7. The first-order chi connectivity index (χ1) is 7.50. The third-order valence-corrected chi connectivity index (χ3v) is 2.85. The van der Waals surface area contributed by atoms with E-state index in [9.17, 15) is 0 Å². The lowest BCUT2D eigenvalue weighted by Crippen LogP contribution is -2.01. The minimum atomic E-state index is 0.381. The monoisotopic (exact) mass is 217 g/mol. The second kappa shape index (κ2) is 3.89. The number of hydrogen-bond acceptors (Lipinski definition) is 2. The predicted molar refractivity (Wildman–Crippen MR) is 66.7 cm³/mol. The Morgan fingerprint density at radius 1 is 1.19 bits per heavy atom. The van der Waals surface area contributed by atoms with Crippen molar-refractivity contribution in [3.63, 3.8) is 0 Å². The molecule has 0 spiro atoms. The summed E-state index contributed by atoms with van der Waals surface area (Å²) in [4.78, 5) is 9.08. The van der Waals surface area contributed by atoms with Crippen LogP contribution in [0.2, 0.25) is 0 Å². The third kappa shape index (κ3) is 1.70. The van der Waals surface area contributed by atoms with Crippen molar-refractivity contribution in [3.05, 3.63) is 23.8 Å². The summed E-state index contributed by atoms with van der Waals surface area (Å²) in [6.45, 7) is 10.7. The van der Waals surface area contributed by atoms with Crippen molar-refractivity contribution in [1.82, 2.24) is 14.5 Å². The number of aryl methyl sites for hydroxylation is 1. The SMILES string of the molecule is Cc1cn(C(C)C)c2cnc(C(C)C)nc12. The van der Waals surface area contributed by atoms with Gasteiger partial charge < -0.3 is 4.57 Å². The lowest BCUT2D eigenvalue weighted by atomic mass is 10.2. The van der Waals surface area contributed by atoms with Gasteiger partial charge in [-0.3, -0.25) is 0 Å². The molecule has 3 nitrogen and oxygen atoms in total. The molecule has 2 aromatic heterocycles. The van der Waals surface area contributed by atoms with E-state index in [1.807, 2.05) is 6.20 Å². The molecule has 16 heavy (non-hydrogen) atoms. The second-order valence-electron chi connectivity index (χ2n) is 4.93. The van der Waals surface area contributed by atoms with Gasteiger partial charge in [0, 0.05) is 18.2 Å². The van der Waals surface area contributed by atoms with Crippen LogP contribution in [0.1, 0.15) is 51.0 Å². The maximum atomic E-state index is 4.65. The van der Waals surface area contributed by atoms with Crippen LogP contribution in [0.15, 0.2) is 12.4 Å². The van der Waals surface area contributed by atoms with Crippen molar-refractivity contribution in [2.24, 2.45) is 0 Å². The molecule has 3 heteroatoms. The Labute approximate surface area is 96.5 Å². The molecule has 0 aromatic carbocycles. The van der Waals surface area contributed by atoms with E-state index in [0.717, 1.165) is 16.9 Å². The minimum absolute atomic E-state index is 0.381. The predicted octanol–water partition coefficient (Wildman–Crippen LogP) is 3.44. The molecular weight excluding hydrogens is 198 g/mol. The normalized spacial score (nSPS) is 11.9. The molecule has 0 N–H and O–H groups in total. The molecule has 0 unspecified atom stereocenters. The van der Waals surface area contributed by atoms with Crippen LogP contribution in [0.4, 0.5) is 0 Å². The summed E-state index contributed by atoms with van der Waals surface area (Å²) in [5, 5.41) is 0. The first-order valence-corrected chi connectivity index (χ1v) is 5.84. The first kappa shape index (κ1) is 11.1. The van der Waals surface area contributed by atoms with Crippen LogP contribution in [-0.4, -0.2) is 14.5 Å². The molecule has 0 atom stereocenters. The fraction of sp³-hybridized carbons (Fsp3) is 0.538. The first-order valence-electron chi connectivity index (χ1n) is 5.84. The number of fused-ring (bicyclic) bond motifs is 1. The minimum Gasteiger partial charge on any atom is -0.342 e. The highest BCUT2D eigenvalue weighted by atomic mass is 15.0. The van der Waals surface area contributed by atoms with Crippen molar-refractivity contribution >= 4 is 11.0 Å². The molecule has 0 aliphatic heterocycles. The van der Waals surface area contributed by atoms with Crippen molar-refractivity contribution in [3.8, 4) is 0 Å². The Balaban J connectivity index is 2.67. The highest BCUT2D eigenvalue weighted by Crippen LogP contribution is 2.23. The summed E-state index contributed by atoms with van der Waals surface area (Å²) >= 11 is 0. The molecule has 2 heterocycles. The average Bonchev–Trinajstić information content (AvgIpc) is 2.56. The molecule has 0 bridgehead atoms. The quantitative estimate of drug-likeness (QED) is 0.771. The van der Waals surface area contributed by atoms with Crippen LogP contribution in [0.3, 0.4) is 0 Å². The van der Waals surface area contributed by atoms with Crippen molar-refractivity contribution in [2.75, 3.05) is 0 Å². The van der Waals surface area contributed by atoms with E-state index in [4.69, 9.17) is 0 Å². The third-order valence-electron chi connectivity index (χ3n) is 2.85. The summed E-state index contributed by atoms with van der Waals surface area (Å²) in [6, 6.07) is 0.449. The molecule has 0 saturated carbocycles. The van der Waals surface area contributed by atoms with Gasteiger partial charge in [0.15, 0.2) is 0 Å². The van der Waals surface area contributed by atoms with E-state index in [2.05, 4.69) is 55.4 Å². The molecule has 2 rings (SSSR count). The van der Waals surface area contributed by atoms with Gasteiger partial charge in [0.2, 0.25) is 0 Å². The number of nitrogens with zero attached hydrogens (tertiary/aromatic N) is 3. The Kier molecular flexibility index (Phi) is 2.70. The molecule has 0 aliphatic carbocycles. The van der Waals surface area contributed by atoms with Crippen molar-refractivity contribution in [1.29, 1.82) is 0 Å². The summed E-state index contributed by atoms with van der Waals surface area (Å²) < 4.78 is 2.23. The summed E-state index contributed by atoms with van der Waals surface area (Å²) in [5.74, 6) is 1.31. The molecule has 0 amide bonds. The van der Waals surface area contributed by atoms with Gasteiger partial charge in [0.25, 0.3) is 0 Å². The standard InChI is InChI=1S/C13H19N3/c1-8(2)13-14-6-11-12(15-13)10(5)7-16(11)9(3)4/h6-9H,1-5H3. The fourth-order valence-electron chi connectivity index (χ4n) is 1.91. The second-order valence-corrected chi connectivity index (χ2v) is 4.93. The maximum Gasteiger partial charge on any atom is 0.131 e. The number of rotatable bonds is 2. The maximum absolute atomic E-state index is 4.65. The Morgan fingerprint density at radius 3 is 2.44 bits per heavy atom. The van der Waals surface area contributed by atoms with Crippen LogP contribution in [0.5, 0.6) is 0 Å². The summed E-state index contributed by atoms with van der Waals surface area (Å²) in [5.41, 5.74) is 3.46. The van der Waals surface area contributed by atoms with Gasteiger partial charge in [-0.25, -0.2) is 9.97 Å². The zero-order chi connectivity index (χ0) is 11.9. The lowest BCUT2D eigenvalue weighted by Gasteiger charge is -2.09. The van der Waals surface area contributed by atoms with Gasteiger partial charge in [-0.05, 0) is 26.3 Å². The van der Waals surface area contributed by atoms with Crippen LogP contribution in [0, 0.1) is 6.92 Å². The van der Waals surface area contributed by atoms with Gasteiger partial charge in [-0.1, -0.05) is 13.8 Å². The van der Waals surface area contributed by atoms with E-state index < -0.39 is 0 Å². The van der Waals surface area contributed by atoms with E-state index in [0.29, 0.717) is 12.0 Å². The van der Waals surface area contributed by atoms with Crippen LogP contribution < -0.4 is 0 Å². The average molecular weight is 217 g/mol. The van der Waals surface area contributed by atoms with Crippen LogP contribution in [-0.2, 0) is 0 Å². The van der Waals surface area contributed by atoms with E-state index in [1.165, 1.54) is 5.56 Å². The highest BCUT2D eigenvalue weighted by Gasteiger charge is 2.11. The van der Waals surface area contributed by atoms with Crippen LogP contribution >= 0.6 is 0 Å². The lowest BCUT2D eigenvalue weighted by molar-refractivity contribution is 0.620. The fourth-order valence-corrected chi connectivity index (χ4v) is 1.91. The summed E-state index contributed by atoms with van der Waals surface area (Å²) in [6.07, 6.45) is 4.11. The molecule has 0 radical (unpaired) electrons. The van der Waals surface area contributed by atoms with E-state index >= 15 is 0 Å². The Morgan fingerprint density at radius 2 is 1.88 bits per heavy atom. The molecule has 0 aliphatic rings. The van der Waals surface area contributed by atoms with Gasteiger partial charge in [0.05, 0.1) is 17.2 Å². The molecule has 2 aromatic rings. The largest absolute Gasteiger partial charge is 0.342 e. The van der Waals surface area contributed by atoms with E-state index in [1.54, 1.807) is 0 Å². The topological polar surface area (TPSA) is 30.7 Å². The van der Waals surface area contributed by atoms with Gasteiger partial charge >= 0.3 is 0 Å². The number of hydrogen-bond donors (Lipinski definition) is 0. The van der Waals surface area contributed by atoms with Crippen LogP contribution in [0.25, 0.3) is 11.0 Å². The van der Waals surface area contributed by atoms with Crippen molar-refractivity contribution in [2.45, 2.75) is 46.6 Å². The molecule has 0 saturated heterocycles. The Bertz CT molecular complexity index is 509. The van der Waals surface area contributed by atoms with Gasteiger partial charge in [0.1, 0.15) is 5.82 Å². The van der Waals surface area contributed by atoms with Gasteiger partial charge in [-0.15, -0.1) is 0 Å². The molecular formula is C13H19N3. The molecule has 0 fully saturated rings. The zero-order valence-corrected chi connectivity index (χ0v) is 10.7. The van der Waals surface area contributed by atoms with E-state index in [-0.39, 0.29) is 0 Å². The van der Waals surface area contributed by atoms with Gasteiger partial charge in [-0.2, -0.15) is 0 Å². The van der Waals surface area contributed by atoms with Crippen molar-refractivity contribution < 1.29 is 0 Å². The molecule has 86 valence electrons.